The Kier molecular flexibility index (Phi) is 15.3. The third-order valence-corrected chi connectivity index (χ3v) is 8.62. The van der Waals surface area contributed by atoms with E-state index in [0.717, 1.165) is 27.9 Å². The summed E-state index contributed by atoms with van der Waals surface area (Å²) in [6.07, 6.45) is 5.11. The minimum atomic E-state index is -0.589. The lowest BCUT2D eigenvalue weighted by atomic mass is 10.1. The predicted octanol–water partition coefficient (Wildman–Crippen LogP) is 7.36. The van der Waals surface area contributed by atoms with Crippen molar-refractivity contribution < 1.29 is 47.6 Å². The topological polar surface area (TPSA) is 161 Å². The summed E-state index contributed by atoms with van der Waals surface area (Å²) in [4.78, 5) is 52.7. The SMILES string of the molecule is C=CC(=O)OCCCOc1ccc(C(=O)OCCc2ccc(OC(=O)c3ccc(OCCCOC(=O)C=C)cc3)c(/C=N/Nc3nc4ccccc4s3)c2)cc1. The van der Waals surface area contributed by atoms with Gasteiger partial charge in [-0.05, 0) is 78.4 Å². The molecule has 0 unspecified atom stereocenters. The van der Waals surface area contributed by atoms with Gasteiger partial charge in [-0.2, -0.15) is 5.10 Å². The molecule has 0 fully saturated rings. The van der Waals surface area contributed by atoms with Gasteiger partial charge in [0.25, 0.3) is 0 Å². The summed E-state index contributed by atoms with van der Waals surface area (Å²) in [6, 6.07) is 26.0. The zero-order valence-corrected chi connectivity index (χ0v) is 31.2. The van der Waals surface area contributed by atoms with Gasteiger partial charge < -0.3 is 28.4 Å². The highest BCUT2D eigenvalue weighted by atomic mass is 32.1. The predicted molar refractivity (Wildman–Crippen MR) is 212 cm³/mol. The molecule has 0 aliphatic rings. The fraction of sp³-hybridized carbons (Fsp3) is 0.190. The molecule has 0 atom stereocenters. The first kappa shape index (κ1) is 40.4. The molecule has 5 aromatic rings. The second-order valence-corrected chi connectivity index (χ2v) is 12.7. The lowest BCUT2D eigenvalue weighted by Gasteiger charge is -2.11. The molecule has 0 bridgehead atoms. The molecule has 0 radical (unpaired) electrons. The Morgan fingerprint density at radius 2 is 1.30 bits per heavy atom. The zero-order chi connectivity index (χ0) is 39.5. The van der Waals surface area contributed by atoms with E-state index >= 15 is 0 Å². The van der Waals surface area contributed by atoms with E-state index in [4.69, 9.17) is 28.4 Å². The highest BCUT2D eigenvalue weighted by Crippen LogP contribution is 2.26. The first-order valence-electron chi connectivity index (χ1n) is 17.5. The molecular formula is C42H39N3O10S. The van der Waals surface area contributed by atoms with Gasteiger partial charge in [0.05, 0.1) is 60.6 Å². The number of nitrogens with zero attached hydrogens (tertiary/aromatic N) is 2. The second kappa shape index (κ2) is 21.2. The summed E-state index contributed by atoms with van der Waals surface area (Å²) in [6.45, 7) is 7.86. The average Bonchev–Trinajstić information content (AvgIpc) is 3.64. The van der Waals surface area contributed by atoms with Crippen molar-refractivity contribution in [1.29, 1.82) is 0 Å². The average molecular weight is 778 g/mol. The Hall–Kier alpha value is -6.80. The van der Waals surface area contributed by atoms with Crippen LogP contribution in [0.3, 0.4) is 0 Å². The molecule has 0 saturated heterocycles. The molecule has 0 amide bonds. The quantitative estimate of drug-likeness (QED) is 0.0150. The molecule has 1 heterocycles. The Balaban J connectivity index is 1.17. The summed E-state index contributed by atoms with van der Waals surface area (Å²) in [5.41, 5.74) is 5.77. The Morgan fingerprint density at radius 3 is 1.91 bits per heavy atom. The fourth-order valence-corrected chi connectivity index (χ4v) is 5.68. The number of hydrogen-bond acceptors (Lipinski definition) is 14. The molecule has 4 aromatic carbocycles. The van der Waals surface area contributed by atoms with Crippen LogP contribution in [0.5, 0.6) is 17.2 Å². The summed E-state index contributed by atoms with van der Waals surface area (Å²) in [7, 11) is 0. The lowest BCUT2D eigenvalue weighted by molar-refractivity contribution is -0.138. The number of carbonyl (C=O) groups excluding carboxylic acids is 4. The van der Waals surface area contributed by atoms with E-state index in [1.165, 1.54) is 17.6 Å². The Labute approximate surface area is 327 Å². The van der Waals surface area contributed by atoms with Crippen molar-refractivity contribution in [3.05, 3.63) is 139 Å². The van der Waals surface area contributed by atoms with Crippen LogP contribution in [-0.4, -0.2) is 68.1 Å². The number of hydrogen-bond donors (Lipinski definition) is 1. The van der Waals surface area contributed by atoms with E-state index in [0.29, 0.717) is 65.8 Å². The summed E-state index contributed by atoms with van der Waals surface area (Å²) in [5.74, 6) is -0.694. The molecule has 0 spiro atoms. The van der Waals surface area contributed by atoms with Crippen LogP contribution in [0.25, 0.3) is 10.2 Å². The zero-order valence-electron chi connectivity index (χ0n) is 30.3. The maximum Gasteiger partial charge on any atom is 0.343 e. The van der Waals surface area contributed by atoms with E-state index < -0.39 is 23.9 Å². The van der Waals surface area contributed by atoms with Crippen LogP contribution in [0, 0.1) is 0 Å². The highest BCUT2D eigenvalue weighted by Gasteiger charge is 2.14. The maximum atomic E-state index is 13.2. The molecule has 288 valence electrons. The van der Waals surface area contributed by atoms with Gasteiger partial charge in [-0.25, -0.2) is 24.2 Å². The first-order valence-corrected chi connectivity index (χ1v) is 18.3. The molecule has 56 heavy (non-hydrogen) atoms. The number of benzene rings is 4. The van der Waals surface area contributed by atoms with Crippen LogP contribution < -0.4 is 19.6 Å². The van der Waals surface area contributed by atoms with E-state index in [9.17, 15) is 19.2 Å². The van der Waals surface area contributed by atoms with E-state index in [1.807, 2.05) is 24.3 Å². The van der Waals surface area contributed by atoms with Gasteiger partial charge in [0.1, 0.15) is 17.2 Å². The van der Waals surface area contributed by atoms with Crippen molar-refractivity contribution in [2.45, 2.75) is 19.3 Å². The van der Waals surface area contributed by atoms with Crippen molar-refractivity contribution in [2.75, 3.05) is 38.5 Å². The highest BCUT2D eigenvalue weighted by molar-refractivity contribution is 7.22. The van der Waals surface area contributed by atoms with Gasteiger partial charge >= 0.3 is 23.9 Å². The summed E-state index contributed by atoms with van der Waals surface area (Å²) >= 11 is 1.45. The van der Waals surface area contributed by atoms with Crippen LogP contribution in [0.4, 0.5) is 5.13 Å². The normalized spacial score (nSPS) is 10.7. The number of thiazole rings is 1. The van der Waals surface area contributed by atoms with Crippen LogP contribution in [0.1, 0.15) is 44.7 Å². The standard InChI is InChI=1S/C42H39N3O10S/c1-3-38(46)52-24-7-22-50-33-16-12-30(13-17-33)40(48)54-26-21-29-11-20-36(32(27-29)28-43-45-42-44-35-9-5-6-10-37(35)56-42)55-41(49)31-14-18-34(19-15-31)51-23-8-25-53-39(47)4-2/h3-6,9-20,27-28H,1-2,7-8,21-26H2,(H,44,45)/b43-28+. The van der Waals surface area contributed by atoms with Crippen LogP contribution >= 0.6 is 11.3 Å². The number of nitrogens with one attached hydrogen (secondary N) is 1. The monoisotopic (exact) mass is 777 g/mol. The van der Waals surface area contributed by atoms with Gasteiger partial charge in [-0.1, -0.05) is 42.7 Å². The Morgan fingerprint density at radius 1 is 0.696 bits per heavy atom. The molecule has 0 saturated carbocycles. The number of esters is 4. The molecule has 5 rings (SSSR count). The van der Waals surface area contributed by atoms with Gasteiger partial charge in [0.15, 0.2) is 0 Å². The van der Waals surface area contributed by atoms with Crippen LogP contribution in [0.15, 0.2) is 121 Å². The maximum absolute atomic E-state index is 13.2. The summed E-state index contributed by atoms with van der Waals surface area (Å²) < 4.78 is 33.5. The largest absolute Gasteiger partial charge is 0.493 e. The van der Waals surface area contributed by atoms with E-state index in [2.05, 4.69) is 28.7 Å². The minimum absolute atomic E-state index is 0.0918. The first-order chi connectivity index (χ1) is 27.3. The molecular weight excluding hydrogens is 739 g/mol. The number of para-hydroxylation sites is 1. The van der Waals surface area contributed by atoms with Crippen LogP contribution in [-0.2, 0) is 30.2 Å². The van der Waals surface area contributed by atoms with Crippen molar-refractivity contribution in [2.24, 2.45) is 5.10 Å². The third-order valence-electron chi connectivity index (χ3n) is 7.68. The van der Waals surface area contributed by atoms with Crippen LogP contribution in [0.2, 0.25) is 0 Å². The molecule has 1 N–H and O–H groups in total. The van der Waals surface area contributed by atoms with Crippen molar-refractivity contribution in [1.82, 2.24) is 4.98 Å². The number of carbonyl (C=O) groups is 4. The molecule has 14 heteroatoms. The Bertz CT molecular complexity index is 2130. The van der Waals surface area contributed by atoms with Crippen molar-refractivity contribution in [3.8, 4) is 17.2 Å². The second-order valence-electron chi connectivity index (χ2n) is 11.7. The number of anilines is 1. The number of hydrazone groups is 1. The van der Waals surface area contributed by atoms with E-state index in [-0.39, 0.29) is 25.6 Å². The van der Waals surface area contributed by atoms with Crippen molar-refractivity contribution in [3.63, 3.8) is 0 Å². The van der Waals surface area contributed by atoms with Gasteiger partial charge in [-0.3, -0.25) is 5.43 Å². The number of ether oxygens (including phenoxy) is 6. The number of aromatic nitrogens is 1. The third kappa shape index (κ3) is 12.7. The molecule has 1 aromatic heterocycles. The number of rotatable bonds is 21. The van der Waals surface area contributed by atoms with Crippen molar-refractivity contribution >= 4 is 56.8 Å². The fourth-order valence-electron chi connectivity index (χ4n) is 4.86. The molecule has 13 nitrogen and oxygen atoms in total. The van der Waals surface area contributed by atoms with E-state index in [1.54, 1.807) is 66.7 Å². The minimum Gasteiger partial charge on any atom is -0.493 e. The smallest absolute Gasteiger partial charge is 0.343 e. The lowest BCUT2D eigenvalue weighted by Crippen LogP contribution is -2.11. The number of fused-ring (bicyclic) bond motifs is 1. The molecule has 0 aliphatic heterocycles. The van der Waals surface area contributed by atoms with Gasteiger partial charge in [0.2, 0.25) is 5.13 Å². The summed E-state index contributed by atoms with van der Waals surface area (Å²) in [5, 5.41) is 4.96. The van der Waals surface area contributed by atoms with Gasteiger partial charge in [-0.15, -0.1) is 0 Å². The van der Waals surface area contributed by atoms with Gasteiger partial charge in [0, 0.05) is 37.0 Å². The molecule has 0 aliphatic carbocycles.